The second-order valence-electron chi connectivity index (χ2n) is 4.56. The summed E-state index contributed by atoms with van der Waals surface area (Å²) in [6.45, 7) is 1.60. The number of carboxylic acid groups (broad SMARTS) is 1. The first-order chi connectivity index (χ1) is 9.67. The van der Waals surface area contributed by atoms with Gasteiger partial charge < -0.3 is 19.9 Å². The van der Waals surface area contributed by atoms with E-state index in [1.807, 2.05) is 18.2 Å². The Labute approximate surface area is 119 Å². The fourth-order valence-electron chi connectivity index (χ4n) is 1.92. The summed E-state index contributed by atoms with van der Waals surface area (Å²) in [5.74, 6) is 0.864. The third-order valence-corrected chi connectivity index (χ3v) is 3.05. The molecule has 0 saturated carbocycles. The zero-order chi connectivity index (χ0) is 14.8. The Bertz CT molecular complexity index is 420. The van der Waals surface area contributed by atoms with Crippen LogP contribution in [0.15, 0.2) is 18.2 Å². The predicted molar refractivity (Wildman–Crippen MR) is 77.4 cm³/mol. The summed E-state index contributed by atoms with van der Waals surface area (Å²) in [6, 6.07) is 5.76. The summed E-state index contributed by atoms with van der Waals surface area (Å²) in [6.07, 6.45) is 2.90. The SMILES string of the molecule is COc1ccc(CNCCCCCC(=O)O)c(OC)c1. The average Bonchev–Trinajstić information content (AvgIpc) is 2.46. The molecule has 2 N–H and O–H groups in total. The van der Waals surface area contributed by atoms with Crippen LogP contribution in [0.4, 0.5) is 0 Å². The minimum absolute atomic E-state index is 0.256. The van der Waals surface area contributed by atoms with Gasteiger partial charge in [0, 0.05) is 24.6 Å². The van der Waals surface area contributed by atoms with E-state index >= 15 is 0 Å². The summed E-state index contributed by atoms with van der Waals surface area (Å²) in [7, 11) is 3.27. The highest BCUT2D eigenvalue weighted by Crippen LogP contribution is 2.24. The average molecular weight is 281 g/mol. The molecule has 1 rings (SSSR count). The molecule has 112 valence electrons. The van der Waals surface area contributed by atoms with Gasteiger partial charge in [-0.25, -0.2) is 0 Å². The highest BCUT2D eigenvalue weighted by atomic mass is 16.5. The number of ether oxygens (including phenoxy) is 2. The van der Waals surface area contributed by atoms with Crippen LogP contribution in [0.25, 0.3) is 0 Å². The van der Waals surface area contributed by atoms with Crippen LogP contribution >= 0.6 is 0 Å². The molecule has 0 fully saturated rings. The third kappa shape index (κ3) is 5.93. The third-order valence-electron chi connectivity index (χ3n) is 3.05. The molecular formula is C15H23NO4. The second-order valence-corrected chi connectivity index (χ2v) is 4.56. The van der Waals surface area contributed by atoms with Crippen LogP contribution in [0.2, 0.25) is 0 Å². The molecule has 0 aliphatic carbocycles. The van der Waals surface area contributed by atoms with E-state index in [-0.39, 0.29) is 6.42 Å². The summed E-state index contributed by atoms with van der Waals surface area (Å²) in [5, 5.41) is 11.9. The Kier molecular flexibility index (Phi) is 7.50. The first kappa shape index (κ1) is 16.3. The van der Waals surface area contributed by atoms with Crippen molar-refractivity contribution in [3.05, 3.63) is 23.8 Å². The van der Waals surface area contributed by atoms with E-state index in [4.69, 9.17) is 14.6 Å². The van der Waals surface area contributed by atoms with Crippen molar-refractivity contribution in [2.24, 2.45) is 0 Å². The van der Waals surface area contributed by atoms with E-state index in [0.717, 1.165) is 49.4 Å². The minimum Gasteiger partial charge on any atom is -0.497 e. The molecule has 1 aromatic rings. The van der Waals surface area contributed by atoms with Gasteiger partial charge in [0.05, 0.1) is 14.2 Å². The Morgan fingerprint density at radius 1 is 1.20 bits per heavy atom. The van der Waals surface area contributed by atoms with E-state index in [2.05, 4.69) is 5.32 Å². The number of hydrogen-bond acceptors (Lipinski definition) is 4. The highest BCUT2D eigenvalue weighted by Gasteiger charge is 2.04. The minimum atomic E-state index is -0.721. The molecule has 0 bridgehead atoms. The Morgan fingerprint density at radius 3 is 2.65 bits per heavy atom. The Hall–Kier alpha value is -1.75. The molecule has 0 saturated heterocycles. The molecule has 5 nitrogen and oxygen atoms in total. The van der Waals surface area contributed by atoms with Gasteiger partial charge in [0.2, 0.25) is 0 Å². The van der Waals surface area contributed by atoms with Crippen molar-refractivity contribution in [3.63, 3.8) is 0 Å². The Morgan fingerprint density at radius 2 is 2.00 bits per heavy atom. The number of carboxylic acids is 1. The topological polar surface area (TPSA) is 67.8 Å². The van der Waals surface area contributed by atoms with Gasteiger partial charge in [0.15, 0.2) is 0 Å². The number of hydrogen-bond donors (Lipinski definition) is 2. The van der Waals surface area contributed by atoms with E-state index in [0.29, 0.717) is 0 Å². The highest BCUT2D eigenvalue weighted by molar-refractivity contribution is 5.66. The van der Waals surface area contributed by atoms with Crippen molar-refractivity contribution < 1.29 is 19.4 Å². The molecule has 0 radical (unpaired) electrons. The zero-order valence-corrected chi connectivity index (χ0v) is 12.1. The lowest BCUT2D eigenvalue weighted by molar-refractivity contribution is -0.137. The molecule has 5 heteroatoms. The molecule has 0 heterocycles. The molecule has 1 aromatic carbocycles. The van der Waals surface area contributed by atoms with Crippen LogP contribution < -0.4 is 14.8 Å². The lowest BCUT2D eigenvalue weighted by Gasteiger charge is -2.11. The number of carbonyl (C=O) groups is 1. The molecule has 0 aromatic heterocycles. The van der Waals surface area contributed by atoms with Crippen LogP contribution in [-0.2, 0) is 11.3 Å². The first-order valence-electron chi connectivity index (χ1n) is 6.80. The van der Waals surface area contributed by atoms with Gasteiger partial charge in [0.25, 0.3) is 0 Å². The molecule has 20 heavy (non-hydrogen) atoms. The van der Waals surface area contributed by atoms with Crippen molar-refractivity contribution in [1.82, 2.24) is 5.32 Å². The summed E-state index contributed by atoms with van der Waals surface area (Å²) in [4.78, 5) is 10.4. The molecule has 0 atom stereocenters. The monoisotopic (exact) mass is 281 g/mol. The summed E-state index contributed by atoms with van der Waals surface area (Å²) < 4.78 is 10.5. The van der Waals surface area contributed by atoms with E-state index in [1.54, 1.807) is 14.2 Å². The van der Waals surface area contributed by atoms with Crippen LogP contribution in [0.5, 0.6) is 11.5 Å². The maximum absolute atomic E-state index is 10.4. The van der Waals surface area contributed by atoms with E-state index in [1.165, 1.54) is 0 Å². The standard InChI is InChI=1S/C15H23NO4/c1-19-13-8-7-12(14(10-13)20-2)11-16-9-5-3-4-6-15(17)18/h7-8,10,16H,3-6,9,11H2,1-2H3,(H,17,18). The van der Waals surface area contributed by atoms with Gasteiger partial charge in [-0.15, -0.1) is 0 Å². The second kappa shape index (κ2) is 9.20. The molecule has 0 aliphatic rings. The quantitative estimate of drug-likeness (QED) is 0.645. The van der Waals surface area contributed by atoms with Crippen LogP contribution in [0.1, 0.15) is 31.2 Å². The van der Waals surface area contributed by atoms with Crippen molar-refractivity contribution in [3.8, 4) is 11.5 Å². The molecule has 0 spiro atoms. The number of nitrogens with one attached hydrogen (secondary N) is 1. The summed E-state index contributed by atoms with van der Waals surface area (Å²) in [5.41, 5.74) is 1.08. The van der Waals surface area contributed by atoms with Crippen molar-refractivity contribution in [2.75, 3.05) is 20.8 Å². The number of methoxy groups -OCH3 is 2. The Balaban J connectivity index is 2.26. The van der Waals surface area contributed by atoms with Gasteiger partial charge in [-0.05, 0) is 25.5 Å². The number of benzene rings is 1. The largest absolute Gasteiger partial charge is 0.497 e. The first-order valence-corrected chi connectivity index (χ1v) is 6.80. The van der Waals surface area contributed by atoms with Crippen LogP contribution in [0, 0.1) is 0 Å². The van der Waals surface area contributed by atoms with Gasteiger partial charge in [0.1, 0.15) is 11.5 Å². The molecule has 0 unspecified atom stereocenters. The van der Waals surface area contributed by atoms with Crippen molar-refractivity contribution in [2.45, 2.75) is 32.2 Å². The fraction of sp³-hybridized carbons (Fsp3) is 0.533. The van der Waals surface area contributed by atoms with Gasteiger partial charge >= 0.3 is 5.97 Å². The molecule has 0 amide bonds. The van der Waals surface area contributed by atoms with Gasteiger partial charge in [-0.1, -0.05) is 12.5 Å². The van der Waals surface area contributed by atoms with E-state index < -0.39 is 5.97 Å². The lowest BCUT2D eigenvalue weighted by atomic mass is 10.1. The van der Waals surface area contributed by atoms with E-state index in [9.17, 15) is 4.79 Å². The predicted octanol–water partition coefficient (Wildman–Crippen LogP) is 2.44. The zero-order valence-electron chi connectivity index (χ0n) is 12.1. The van der Waals surface area contributed by atoms with Crippen molar-refractivity contribution in [1.29, 1.82) is 0 Å². The molecule has 0 aliphatic heterocycles. The normalized spacial score (nSPS) is 10.3. The smallest absolute Gasteiger partial charge is 0.303 e. The maximum atomic E-state index is 10.4. The number of rotatable bonds is 10. The van der Waals surface area contributed by atoms with Gasteiger partial charge in [-0.3, -0.25) is 4.79 Å². The maximum Gasteiger partial charge on any atom is 0.303 e. The fourth-order valence-corrected chi connectivity index (χ4v) is 1.92. The van der Waals surface area contributed by atoms with Crippen LogP contribution in [0.3, 0.4) is 0 Å². The summed E-state index contributed by atoms with van der Waals surface area (Å²) >= 11 is 0. The molecular weight excluding hydrogens is 258 g/mol. The number of aliphatic carboxylic acids is 1. The van der Waals surface area contributed by atoms with Gasteiger partial charge in [-0.2, -0.15) is 0 Å². The van der Waals surface area contributed by atoms with Crippen LogP contribution in [-0.4, -0.2) is 31.8 Å². The number of unbranched alkanes of at least 4 members (excludes halogenated alkanes) is 2. The lowest BCUT2D eigenvalue weighted by Crippen LogP contribution is -2.15. The van der Waals surface area contributed by atoms with Crippen molar-refractivity contribution >= 4 is 5.97 Å².